The Morgan fingerprint density at radius 3 is 2.57 bits per heavy atom. The number of benzene rings is 1. The van der Waals surface area contributed by atoms with Gasteiger partial charge in [0.15, 0.2) is 0 Å². The molecule has 0 spiro atoms. The van der Waals surface area contributed by atoms with Crippen LogP contribution in [0.3, 0.4) is 0 Å². The molecule has 130 valence electrons. The molecule has 23 heavy (non-hydrogen) atoms. The van der Waals surface area contributed by atoms with Crippen molar-refractivity contribution in [1.82, 2.24) is 0 Å². The molecule has 0 aromatic heterocycles. The van der Waals surface area contributed by atoms with Crippen molar-refractivity contribution in [3.05, 3.63) is 29.8 Å². The van der Waals surface area contributed by atoms with Gasteiger partial charge in [-0.05, 0) is 49.3 Å². The molecule has 0 bridgehead atoms. The number of carbonyl (C=O) groups is 1. The minimum absolute atomic E-state index is 0.138. The van der Waals surface area contributed by atoms with E-state index in [4.69, 9.17) is 9.47 Å². The van der Waals surface area contributed by atoms with Crippen molar-refractivity contribution in [2.45, 2.75) is 52.4 Å². The van der Waals surface area contributed by atoms with E-state index < -0.39 is 0 Å². The van der Waals surface area contributed by atoms with Crippen LogP contribution in [0, 0.1) is 5.92 Å². The van der Waals surface area contributed by atoms with Crippen LogP contribution in [-0.4, -0.2) is 30.9 Å². The minimum Gasteiger partial charge on any atom is -0.508 e. The molecule has 0 radical (unpaired) electrons. The molecule has 1 N–H and O–H groups in total. The predicted octanol–water partition coefficient (Wildman–Crippen LogP) is 4.10. The lowest BCUT2D eigenvalue weighted by Gasteiger charge is -2.11. The number of hydrogen-bond acceptors (Lipinski definition) is 4. The van der Waals surface area contributed by atoms with Gasteiger partial charge in [-0.15, -0.1) is 0 Å². The first kappa shape index (κ1) is 19.5. The Morgan fingerprint density at radius 1 is 1.13 bits per heavy atom. The van der Waals surface area contributed by atoms with Gasteiger partial charge >= 0.3 is 5.97 Å². The quantitative estimate of drug-likeness (QED) is 0.465. The maximum absolute atomic E-state index is 11.6. The van der Waals surface area contributed by atoms with Gasteiger partial charge in [0.25, 0.3) is 0 Å². The van der Waals surface area contributed by atoms with E-state index in [0.29, 0.717) is 31.3 Å². The van der Waals surface area contributed by atoms with Gasteiger partial charge in [0.1, 0.15) is 12.4 Å². The molecule has 0 amide bonds. The molecular formula is C19H30O4. The van der Waals surface area contributed by atoms with Crippen LogP contribution in [0.5, 0.6) is 5.75 Å². The zero-order valence-electron chi connectivity index (χ0n) is 14.4. The van der Waals surface area contributed by atoms with Crippen LogP contribution >= 0.6 is 0 Å². The summed E-state index contributed by atoms with van der Waals surface area (Å²) < 4.78 is 10.5. The molecule has 4 heteroatoms. The van der Waals surface area contributed by atoms with Crippen LogP contribution < -0.4 is 0 Å². The van der Waals surface area contributed by atoms with Gasteiger partial charge in [-0.3, -0.25) is 4.79 Å². The zero-order valence-corrected chi connectivity index (χ0v) is 14.4. The van der Waals surface area contributed by atoms with Crippen molar-refractivity contribution in [2.75, 3.05) is 19.8 Å². The molecule has 1 rings (SSSR count). The Hall–Kier alpha value is -1.55. The Balaban J connectivity index is 2.04. The third-order valence-electron chi connectivity index (χ3n) is 3.73. The number of rotatable bonds is 12. The Kier molecular flexibility index (Phi) is 10.1. The van der Waals surface area contributed by atoms with Gasteiger partial charge in [-0.25, -0.2) is 0 Å². The van der Waals surface area contributed by atoms with Crippen molar-refractivity contribution in [2.24, 2.45) is 5.92 Å². The number of carbonyl (C=O) groups excluding carboxylic acids is 1. The fraction of sp³-hybridized carbons (Fsp3) is 0.632. The first-order valence-electron chi connectivity index (χ1n) is 8.63. The Labute approximate surface area is 139 Å². The summed E-state index contributed by atoms with van der Waals surface area (Å²) in [6.07, 6.45) is 5.42. The summed E-state index contributed by atoms with van der Waals surface area (Å²) in [5.41, 5.74) is 1.21. The second-order valence-corrected chi connectivity index (χ2v) is 6.05. The third-order valence-corrected chi connectivity index (χ3v) is 3.73. The summed E-state index contributed by atoms with van der Waals surface area (Å²) in [6, 6.07) is 7.31. The lowest BCUT2D eigenvalue weighted by atomic mass is 9.96. The van der Waals surface area contributed by atoms with E-state index in [1.165, 1.54) is 5.56 Å². The second kappa shape index (κ2) is 11.9. The van der Waals surface area contributed by atoms with E-state index in [0.717, 1.165) is 38.7 Å². The molecule has 1 aromatic carbocycles. The van der Waals surface area contributed by atoms with Crippen LogP contribution in [-0.2, 0) is 20.7 Å². The summed E-state index contributed by atoms with van der Waals surface area (Å²) in [5, 5.41) is 9.26. The van der Waals surface area contributed by atoms with E-state index in [2.05, 4.69) is 13.8 Å². The molecule has 4 nitrogen and oxygen atoms in total. The molecule has 0 saturated carbocycles. The maximum atomic E-state index is 11.6. The fourth-order valence-corrected chi connectivity index (χ4v) is 2.37. The largest absolute Gasteiger partial charge is 0.508 e. The first-order chi connectivity index (χ1) is 11.1. The fourth-order valence-electron chi connectivity index (χ4n) is 2.37. The molecule has 1 atom stereocenters. The molecule has 0 saturated heterocycles. The molecule has 1 aromatic rings. The third kappa shape index (κ3) is 9.95. The van der Waals surface area contributed by atoms with Crippen molar-refractivity contribution < 1.29 is 19.4 Å². The zero-order chi connectivity index (χ0) is 16.9. The molecule has 0 aliphatic carbocycles. The highest BCUT2D eigenvalue weighted by molar-refractivity contribution is 5.69. The normalized spacial score (nSPS) is 12.1. The summed E-state index contributed by atoms with van der Waals surface area (Å²) in [6.45, 7) is 5.88. The first-order valence-corrected chi connectivity index (χ1v) is 8.63. The molecule has 0 heterocycles. The van der Waals surface area contributed by atoms with E-state index in [-0.39, 0.29) is 5.97 Å². The number of esters is 1. The van der Waals surface area contributed by atoms with Crippen LogP contribution in [0.15, 0.2) is 24.3 Å². The van der Waals surface area contributed by atoms with E-state index >= 15 is 0 Å². The van der Waals surface area contributed by atoms with Crippen molar-refractivity contribution in [3.8, 4) is 5.75 Å². The van der Waals surface area contributed by atoms with Crippen LogP contribution in [0.2, 0.25) is 0 Å². The Bertz CT molecular complexity index is 428. The highest BCUT2D eigenvalue weighted by Crippen LogP contribution is 2.17. The van der Waals surface area contributed by atoms with Crippen molar-refractivity contribution in [3.63, 3.8) is 0 Å². The number of unbranched alkanes of at least 4 members (excludes halogenated alkanes) is 1. The van der Waals surface area contributed by atoms with E-state index in [9.17, 15) is 9.90 Å². The second-order valence-electron chi connectivity index (χ2n) is 6.05. The summed E-state index contributed by atoms with van der Waals surface area (Å²) in [7, 11) is 0. The summed E-state index contributed by atoms with van der Waals surface area (Å²) in [4.78, 5) is 11.6. The number of ether oxygens (including phenoxy) is 2. The standard InChI is InChI=1S/C19H30O4/c1-3-4-12-22-13-14-23-19(21)7-5-6-16(2)15-17-8-10-18(20)11-9-17/h8-11,16,20H,3-7,12-15H2,1-2H3. The van der Waals surface area contributed by atoms with Gasteiger partial charge in [0.2, 0.25) is 0 Å². The van der Waals surface area contributed by atoms with E-state index in [1.54, 1.807) is 12.1 Å². The number of phenolic OH excluding ortho intramolecular Hbond substituents is 1. The Morgan fingerprint density at radius 2 is 1.87 bits per heavy atom. The van der Waals surface area contributed by atoms with E-state index in [1.807, 2.05) is 12.1 Å². The van der Waals surface area contributed by atoms with Crippen LogP contribution in [0.4, 0.5) is 0 Å². The number of hydrogen-bond donors (Lipinski definition) is 1. The van der Waals surface area contributed by atoms with Crippen molar-refractivity contribution in [1.29, 1.82) is 0 Å². The lowest BCUT2D eigenvalue weighted by molar-refractivity contribution is -0.145. The average Bonchev–Trinajstić information content (AvgIpc) is 2.53. The van der Waals surface area contributed by atoms with Gasteiger partial charge < -0.3 is 14.6 Å². The van der Waals surface area contributed by atoms with Crippen LogP contribution in [0.25, 0.3) is 0 Å². The monoisotopic (exact) mass is 322 g/mol. The molecule has 0 aliphatic rings. The summed E-state index contributed by atoms with van der Waals surface area (Å²) in [5.74, 6) is 0.661. The van der Waals surface area contributed by atoms with Crippen molar-refractivity contribution >= 4 is 5.97 Å². The van der Waals surface area contributed by atoms with Gasteiger partial charge in [0, 0.05) is 13.0 Å². The summed E-state index contributed by atoms with van der Waals surface area (Å²) >= 11 is 0. The minimum atomic E-state index is -0.138. The average molecular weight is 322 g/mol. The highest BCUT2D eigenvalue weighted by atomic mass is 16.6. The van der Waals surface area contributed by atoms with Crippen LogP contribution in [0.1, 0.15) is 51.5 Å². The SMILES string of the molecule is CCCCOCCOC(=O)CCCC(C)Cc1ccc(O)cc1. The van der Waals surface area contributed by atoms with Gasteiger partial charge in [-0.1, -0.05) is 32.4 Å². The lowest BCUT2D eigenvalue weighted by Crippen LogP contribution is -2.11. The predicted molar refractivity (Wildman–Crippen MR) is 91.5 cm³/mol. The molecular weight excluding hydrogens is 292 g/mol. The smallest absolute Gasteiger partial charge is 0.305 e. The molecule has 1 unspecified atom stereocenters. The number of aromatic hydroxyl groups is 1. The highest BCUT2D eigenvalue weighted by Gasteiger charge is 2.07. The molecule has 0 aliphatic heterocycles. The van der Waals surface area contributed by atoms with Gasteiger partial charge in [0.05, 0.1) is 6.61 Å². The maximum Gasteiger partial charge on any atom is 0.305 e. The van der Waals surface area contributed by atoms with Gasteiger partial charge in [-0.2, -0.15) is 0 Å². The number of phenols is 1. The molecule has 0 fully saturated rings. The topological polar surface area (TPSA) is 55.8 Å².